The number of fused-ring (bicyclic) bond motifs is 3. The quantitative estimate of drug-likeness (QED) is 0.241. The number of allylic oxidation sites excluding steroid dienone is 1. The number of methoxy groups -OCH3 is 2. The van der Waals surface area contributed by atoms with Gasteiger partial charge >= 0.3 is 5.97 Å². The maximum absolute atomic E-state index is 13.7. The predicted molar refractivity (Wildman–Crippen MR) is 194 cm³/mol. The summed E-state index contributed by atoms with van der Waals surface area (Å²) in [6.07, 6.45) is -0.916. The number of hydrogen-bond acceptors (Lipinski definition) is 15. The zero-order valence-electron chi connectivity index (χ0n) is 33.7. The molecule has 6 aliphatic heterocycles. The van der Waals surface area contributed by atoms with Crippen LogP contribution in [-0.4, -0.2) is 140 Å². The smallest absolute Gasteiger partial charge is 0.309 e. The van der Waals surface area contributed by atoms with Gasteiger partial charge in [-0.2, -0.15) is 0 Å². The molecule has 6 heterocycles. The van der Waals surface area contributed by atoms with E-state index >= 15 is 0 Å². The highest BCUT2D eigenvalue weighted by Gasteiger charge is 2.59. The molecule has 8 rings (SSSR count). The average Bonchev–Trinajstić information content (AvgIpc) is 3.67. The van der Waals surface area contributed by atoms with E-state index in [0.29, 0.717) is 38.7 Å². The van der Waals surface area contributed by atoms with Crippen molar-refractivity contribution in [1.29, 1.82) is 0 Å². The number of rotatable bonds is 8. The number of esters is 1. The molecule has 5 saturated heterocycles. The Balaban J connectivity index is 0.868. The van der Waals surface area contributed by atoms with Crippen LogP contribution in [0.3, 0.4) is 0 Å². The Bertz CT molecular complexity index is 1480. The van der Waals surface area contributed by atoms with Crippen LogP contribution in [-0.2, 0) is 56.9 Å². The lowest BCUT2D eigenvalue weighted by molar-refractivity contribution is -0.338. The van der Waals surface area contributed by atoms with E-state index in [-0.39, 0.29) is 36.2 Å². The Morgan fingerprint density at radius 1 is 0.804 bits per heavy atom. The predicted octanol–water partition coefficient (Wildman–Crippen LogP) is 3.00. The van der Waals surface area contributed by atoms with Gasteiger partial charge in [-0.25, -0.2) is 0 Å². The summed E-state index contributed by atoms with van der Waals surface area (Å²) in [4.78, 5) is 13.7. The van der Waals surface area contributed by atoms with Gasteiger partial charge in [0, 0.05) is 40.4 Å². The minimum absolute atomic E-state index is 0.00811. The number of carbonyl (C=O) groups is 1. The van der Waals surface area contributed by atoms with E-state index in [0.717, 1.165) is 18.4 Å². The van der Waals surface area contributed by atoms with Crippen LogP contribution in [0.25, 0.3) is 0 Å². The second-order valence-corrected chi connectivity index (χ2v) is 17.7. The third kappa shape index (κ3) is 7.51. The van der Waals surface area contributed by atoms with Crippen molar-refractivity contribution in [3.8, 4) is 0 Å². The Morgan fingerprint density at radius 3 is 2.20 bits per heavy atom. The van der Waals surface area contributed by atoms with Crippen molar-refractivity contribution >= 4 is 5.97 Å². The first-order valence-electron chi connectivity index (χ1n) is 20.6. The highest BCUT2D eigenvalue weighted by Crippen LogP contribution is 2.57. The van der Waals surface area contributed by atoms with Gasteiger partial charge in [0.2, 0.25) is 5.79 Å². The van der Waals surface area contributed by atoms with Crippen molar-refractivity contribution in [2.45, 2.75) is 184 Å². The van der Waals surface area contributed by atoms with Crippen molar-refractivity contribution in [2.75, 3.05) is 20.8 Å². The monoisotopic (exact) mass is 794 g/mol. The lowest BCUT2D eigenvalue weighted by atomic mass is 9.55. The summed E-state index contributed by atoms with van der Waals surface area (Å²) < 4.78 is 66.9. The van der Waals surface area contributed by atoms with E-state index < -0.39 is 97.2 Å². The van der Waals surface area contributed by atoms with Crippen LogP contribution in [0.5, 0.6) is 0 Å². The Morgan fingerprint density at radius 2 is 1.46 bits per heavy atom. The summed E-state index contributed by atoms with van der Waals surface area (Å²) in [6.45, 7) is 9.89. The normalized spacial score (nSPS) is 51.9. The molecule has 8 aliphatic rings. The number of hydrogen-bond donors (Lipinski definition) is 3. The van der Waals surface area contributed by atoms with Crippen LogP contribution < -0.4 is 0 Å². The molecule has 3 N–H and O–H groups in total. The van der Waals surface area contributed by atoms with E-state index in [1.54, 1.807) is 27.4 Å². The fourth-order valence-electron chi connectivity index (χ4n) is 11.1. The van der Waals surface area contributed by atoms with Gasteiger partial charge in [-0.1, -0.05) is 18.6 Å². The molecule has 20 atom stereocenters. The zero-order chi connectivity index (χ0) is 39.7. The minimum atomic E-state index is -0.897. The van der Waals surface area contributed by atoms with Crippen molar-refractivity contribution in [3.63, 3.8) is 0 Å². The van der Waals surface area contributed by atoms with E-state index in [1.807, 2.05) is 20.8 Å². The van der Waals surface area contributed by atoms with Crippen LogP contribution in [0, 0.1) is 23.2 Å². The second-order valence-electron chi connectivity index (χ2n) is 17.7. The number of aliphatic hydroxyl groups is 3. The van der Waals surface area contributed by atoms with Gasteiger partial charge in [0.25, 0.3) is 0 Å². The van der Waals surface area contributed by atoms with Crippen LogP contribution in [0.1, 0.15) is 86.0 Å². The Kier molecular flexibility index (Phi) is 11.7. The third-order valence-electron chi connectivity index (χ3n) is 14.2. The van der Waals surface area contributed by atoms with Gasteiger partial charge in [0.1, 0.15) is 24.4 Å². The zero-order valence-corrected chi connectivity index (χ0v) is 33.7. The SMILES string of the molecule is CO[C@H]1C[C@H](O[C@@H]2CC3=CC[C@H]4C(=O)O[C@@H]5CO[C@]6(C)OC=C(CC[C@@H]4[C@@]3(C)C[C@H]2O)[C@H]56)O[C@H](C)[C@H]1O[C@H]1C[C@H](O)[C@H](O[C@H]2C[C@@H](OC)[C@@H](O)[C@H](C)O2)[C@@H](C)O1. The topological polar surface area (TPSA) is 179 Å². The van der Waals surface area contributed by atoms with E-state index in [1.165, 1.54) is 5.57 Å². The lowest BCUT2D eigenvalue weighted by Crippen LogP contribution is -2.57. The van der Waals surface area contributed by atoms with Crippen LogP contribution in [0.2, 0.25) is 0 Å². The van der Waals surface area contributed by atoms with Gasteiger partial charge < -0.3 is 67.4 Å². The molecule has 1 saturated carbocycles. The highest BCUT2D eigenvalue weighted by atomic mass is 16.7. The molecule has 316 valence electrons. The van der Waals surface area contributed by atoms with E-state index in [4.69, 9.17) is 52.1 Å². The molecular weight excluding hydrogens is 732 g/mol. The Labute approximate surface area is 329 Å². The fraction of sp³-hybridized carbons (Fsp3) is 0.878. The summed E-state index contributed by atoms with van der Waals surface area (Å²) in [5, 5.41) is 33.2. The molecule has 0 amide bonds. The molecule has 0 aromatic rings. The molecule has 2 aliphatic carbocycles. The van der Waals surface area contributed by atoms with E-state index in [9.17, 15) is 20.1 Å². The third-order valence-corrected chi connectivity index (χ3v) is 14.2. The first-order valence-corrected chi connectivity index (χ1v) is 20.6. The van der Waals surface area contributed by atoms with Crippen molar-refractivity contribution in [2.24, 2.45) is 23.2 Å². The Hall–Kier alpha value is -1.73. The van der Waals surface area contributed by atoms with Crippen molar-refractivity contribution in [1.82, 2.24) is 0 Å². The molecule has 0 aromatic carbocycles. The second kappa shape index (κ2) is 16.0. The molecule has 0 spiro atoms. The first kappa shape index (κ1) is 41.0. The summed E-state index contributed by atoms with van der Waals surface area (Å²) in [5.41, 5.74) is 1.92. The van der Waals surface area contributed by atoms with Gasteiger partial charge in [0.05, 0.1) is 73.5 Å². The largest absolute Gasteiger partial charge is 0.469 e. The maximum atomic E-state index is 13.7. The molecule has 15 nitrogen and oxygen atoms in total. The standard InChI is InChI=1S/C41H62O15/c1-19-36(44)29(46-6)14-34(50-19)55-37-20(2)51-32(13-26(37)42)56-38-21(3)52-33(15-30(38)47-7)53-28-12-23-9-10-24-25(40(23,4)16-27(28)43)11-8-22-17-48-41(5)35(22)31(18-49-41)54-39(24)45/h9,17,19-21,24-38,42-44H,8,10-16,18H2,1-7H3/t19-,20+,21+,24+,25-,26-,27+,28+,29+,30-,31+,32-,33-,34-,35+,36-,37+,38+,40-,41-/m0/s1. The molecule has 15 heteroatoms. The van der Waals surface area contributed by atoms with Crippen LogP contribution in [0.15, 0.2) is 23.5 Å². The van der Waals surface area contributed by atoms with Gasteiger partial charge in [-0.3, -0.25) is 4.79 Å². The first-order chi connectivity index (χ1) is 26.7. The number of aliphatic hydroxyl groups excluding tert-OH is 3. The summed E-state index contributed by atoms with van der Waals surface area (Å²) >= 11 is 0. The summed E-state index contributed by atoms with van der Waals surface area (Å²) in [7, 11) is 3.16. The minimum Gasteiger partial charge on any atom is -0.469 e. The molecule has 0 bridgehead atoms. The lowest BCUT2D eigenvalue weighted by Gasteiger charge is -2.52. The molecule has 6 fully saturated rings. The van der Waals surface area contributed by atoms with Crippen LogP contribution in [0.4, 0.5) is 0 Å². The fourth-order valence-corrected chi connectivity index (χ4v) is 11.1. The van der Waals surface area contributed by atoms with Gasteiger partial charge in [0.15, 0.2) is 18.9 Å². The van der Waals surface area contributed by atoms with Crippen molar-refractivity contribution < 1.29 is 72.2 Å². The maximum Gasteiger partial charge on any atom is 0.309 e. The van der Waals surface area contributed by atoms with Crippen molar-refractivity contribution in [3.05, 3.63) is 23.5 Å². The van der Waals surface area contributed by atoms with Gasteiger partial charge in [-0.05, 0) is 69.8 Å². The molecular formula is C41H62O15. The summed E-state index contributed by atoms with van der Waals surface area (Å²) in [6, 6.07) is 0. The molecule has 0 unspecified atom stereocenters. The van der Waals surface area contributed by atoms with Crippen LogP contribution >= 0.6 is 0 Å². The summed E-state index contributed by atoms with van der Waals surface area (Å²) in [5.74, 6) is -1.40. The molecule has 0 aromatic heterocycles. The number of carbonyl (C=O) groups excluding carboxylic acids is 1. The number of ether oxygens (including phenoxy) is 11. The van der Waals surface area contributed by atoms with E-state index in [2.05, 4.69) is 13.0 Å². The molecule has 56 heavy (non-hydrogen) atoms. The van der Waals surface area contributed by atoms with Gasteiger partial charge in [-0.15, -0.1) is 0 Å². The molecule has 0 radical (unpaired) electrons. The highest BCUT2D eigenvalue weighted by molar-refractivity contribution is 5.74. The average molecular weight is 795 g/mol.